The first kappa shape index (κ1) is 26.5. The van der Waals surface area contributed by atoms with Gasteiger partial charge in [0.1, 0.15) is 11.6 Å². The average molecular weight is 486 g/mol. The Morgan fingerprint density at radius 3 is 2.41 bits per heavy atom. The van der Waals surface area contributed by atoms with E-state index in [2.05, 4.69) is 25.3 Å². The first-order valence-corrected chi connectivity index (χ1v) is 9.95. The number of nitrogens with zero attached hydrogens (tertiary/aromatic N) is 2. The number of carboxylic acid groups (broad SMARTS) is 2. The van der Waals surface area contributed by atoms with Crippen molar-refractivity contribution >= 4 is 17.9 Å². The van der Waals surface area contributed by atoms with Crippen LogP contribution in [0.2, 0.25) is 0 Å². The number of alkyl halides is 3. The molecule has 1 fully saturated rings. The minimum atomic E-state index is -4.87. The SMILES string of the molecule is Cc1nc(NC[C@H]2CCCN2)ncc1-c1ccc(OC(F)(F)F)cc1F.O=C(O)/C=C/C(=O)O. The van der Waals surface area contributed by atoms with Crippen LogP contribution in [0.3, 0.4) is 0 Å². The Labute approximate surface area is 191 Å². The summed E-state index contributed by atoms with van der Waals surface area (Å²) in [5.74, 6) is -3.54. The van der Waals surface area contributed by atoms with Gasteiger partial charge < -0.3 is 25.6 Å². The highest BCUT2D eigenvalue weighted by Gasteiger charge is 2.31. The van der Waals surface area contributed by atoms with Gasteiger partial charge in [0, 0.05) is 48.1 Å². The minimum absolute atomic E-state index is 0.112. The molecule has 1 aliphatic heterocycles. The first-order valence-electron chi connectivity index (χ1n) is 9.95. The number of ether oxygens (including phenoxy) is 1. The number of nitrogens with one attached hydrogen (secondary N) is 2. The molecule has 0 unspecified atom stereocenters. The Morgan fingerprint density at radius 2 is 1.91 bits per heavy atom. The van der Waals surface area contributed by atoms with E-state index in [4.69, 9.17) is 10.2 Å². The lowest BCUT2D eigenvalue weighted by atomic mass is 10.1. The fraction of sp³-hybridized carbons (Fsp3) is 0.333. The summed E-state index contributed by atoms with van der Waals surface area (Å²) in [5.41, 5.74) is 1.04. The second kappa shape index (κ2) is 11.9. The summed E-state index contributed by atoms with van der Waals surface area (Å²) in [5, 5.41) is 22.1. The topological polar surface area (TPSA) is 134 Å². The van der Waals surface area contributed by atoms with Gasteiger partial charge in [-0.15, -0.1) is 13.2 Å². The van der Waals surface area contributed by atoms with Crippen LogP contribution in [0.25, 0.3) is 11.1 Å². The van der Waals surface area contributed by atoms with Crippen LogP contribution in [-0.4, -0.2) is 57.6 Å². The zero-order valence-electron chi connectivity index (χ0n) is 17.9. The van der Waals surface area contributed by atoms with Crippen LogP contribution >= 0.6 is 0 Å². The molecule has 184 valence electrons. The highest BCUT2D eigenvalue weighted by Crippen LogP contribution is 2.30. The molecule has 1 aliphatic rings. The van der Waals surface area contributed by atoms with Crippen molar-refractivity contribution in [2.75, 3.05) is 18.4 Å². The molecule has 0 aliphatic carbocycles. The molecule has 0 amide bonds. The lowest BCUT2D eigenvalue weighted by Gasteiger charge is -2.13. The third kappa shape index (κ3) is 9.02. The van der Waals surface area contributed by atoms with Gasteiger partial charge in [-0.2, -0.15) is 0 Å². The smallest absolute Gasteiger partial charge is 0.478 e. The number of aromatic nitrogens is 2. The van der Waals surface area contributed by atoms with Crippen LogP contribution in [0.5, 0.6) is 5.75 Å². The van der Waals surface area contributed by atoms with Crippen LogP contribution in [-0.2, 0) is 9.59 Å². The van der Waals surface area contributed by atoms with Crippen molar-refractivity contribution < 1.29 is 42.1 Å². The number of benzene rings is 1. The van der Waals surface area contributed by atoms with Crippen LogP contribution < -0.4 is 15.4 Å². The molecule has 3 rings (SSSR count). The molecule has 1 saturated heterocycles. The van der Waals surface area contributed by atoms with Gasteiger partial charge in [0.2, 0.25) is 5.95 Å². The van der Waals surface area contributed by atoms with Crippen LogP contribution in [0.15, 0.2) is 36.5 Å². The van der Waals surface area contributed by atoms with Gasteiger partial charge in [-0.05, 0) is 38.4 Å². The van der Waals surface area contributed by atoms with Crippen LogP contribution in [0, 0.1) is 12.7 Å². The van der Waals surface area contributed by atoms with Gasteiger partial charge >= 0.3 is 18.3 Å². The molecule has 1 aromatic carbocycles. The van der Waals surface area contributed by atoms with E-state index in [1.807, 2.05) is 0 Å². The molecule has 1 aromatic heterocycles. The maximum absolute atomic E-state index is 14.2. The Balaban J connectivity index is 0.000000440. The predicted octanol–water partition coefficient (Wildman–Crippen LogP) is 3.37. The number of halogens is 4. The fourth-order valence-corrected chi connectivity index (χ4v) is 3.02. The molecule has 0 saturated carbocycles. The summed E-state index contributed by atoms with van der Waals surface area (Å²) >= 11 is 0. The Bertz CT molecular complexity index is 1020. The number of aryl methyl sites for hydroxylation is 1. The average Bonchev–Trinajstić information content (AvgIpc) is 3.24. The second-order valence-electron chi connectivity index (χ2n) is 7.07. The van der Waals surface area contributed by atoms with Gasteiger partial charge in [-0.25, -0.2) is 23.9 Å². The summed E-state index contributed by atoms with van der Waals surface area (Å²) in [4.78, 5) is 27.6. The summed E-state index contributed by atoms with van der Waals surface area (Å²) in [6.45, 7) is 3.38. The van der Waals surface area contributed by atoms with Crippen LogP contribution in [0.1, 0.15) is 18.5 Å². The molecule has 13 heteroatoms. The van der Waals surface area contributed by atoms with Gasteiger partial charge in [0.05, 0.1) is 5.69 Å². The molecule has 9 nitrogen and oxygen atoms in total. The summed E-state index contributed by atoms with van der Waals surface area (Å²) in [6, 6.07) is 3.35. The molecule has 0 bridgehead atoms. The molecule has 2 heterocycles. The molecule has 0 radical (unpaired) electrons. The predicted molar refractivity (Wildman–Crippen MR) is 113 cm³/mol. The van der Waals surface area contributed by atoms with Crippen molar-refractivity contribution in [1.29, 1.82) is 0 Å². The second-order valence-corrected chi connectivity index (χ2v) is 7.07. The van der Waals surface area contributed by atoms with Gasteiger partial charge in [0.25, 0.3) is 0 Å². The Kier molecular flexibility index (Phi) is 9.30. The molecular formula is C21H22F4N4O5. The maximum atomic E-state index is 14.2. The van der Waals surface area contributed by atoms with Gasteiger partial charge in [0.15, 0.2) is 0 Å². The van der Waals surface area contributed by atoms with Gasteiger partial charge in [-0.1, -0.05) is 0 Å². The quantitative estimate of drug-likeness (QED) is 0.343. The molecule has 0 spiro atoms. The molecule has 34 heavy (non-hydrogen) atoms. The van der Waals surface area contributed by atoms with E-state index < -0.39 is 29.9 Å². The molecule has 4 N–H and O–H groups in total. The van der Waals surface area contributed by atoms with E-state index in [-0.39, 0.29) is 5.56 Å². The summed E-state index contributed by atoms with van der Waals surface area (Å²) in [7, 11) is 0. The number of hydrogen-bond acceptors (Lipinski definition) is 7. The molecular weight excluding hydrogens is 464 g/mol. The van der Waals surface area contributed by atoms with E-state index in [1.165, 1.54) is 12.3 Å². The zero-order chi connectivity index (χ0) is 25.3. The third-order valence-corrected chi connectivity index (χ3v) is 4.48. The van der Waals surface area contributed by atoms with Crippen molar-refractivity contribution in [2.45, 2.75) is 32.2 Å². The Hall–Kier alpha value is -3.74. The first-order chi connectivity index (χ1) is 15.9. The van der Waals surface area contributed by atoms with E-state index in [9.17, 15) is 27.2 Å². The van der Waals surface area contributed by atoms with Crippen molar-refractivity contribution in [2.24, 2.45) is 0 Å². The van der Waals surface area contributed by atoms with E-state index in [0.717, 1.165) is 25.5 Å². The lowest BCUT2D eigenvalue weighted by Crippen LogP contribution is -2.29. The highest BCUT2D eigenvalue weighted by molar-refractivity contribution is 5.89. The number of anilines is 1. The normalized spacial score (nSPS) is 15.5. The van der Waals surface area contributed by atoms with Crippen molar-refractivity contribution in [3.8, 4) is 16.9 Å². The largest absolute Gasteiger partial charge is 0.573 e. The summed E-state index contributed by atoms with van der Waals surface area (Å²) < 4.78 is 54.6. The van der Waals surface area contributed by atoms with Crippen molar-refractivity contribution in [3.63, 3.8) is 0 Å². The molecule has 1 atom stereocenters. The van der Waals surface area contributed by atoms with Crippen molar-refractivity contribution in [3.05, 3.63) is 48.1 Å². The monoisotopic (exact) mass is 486 g/mol. The third-order valence-electron chi connectivity index (χ3n) is 4.48. The number of hydrogen-bond donors (Lipinski definition) is 4. The number of rotatable bonds is 7. The fourth-order valence-electron chi connectivity index (χ4n) is 3.02. The minimum Gasteiger partial charge on any atom is -0.478 e. The maximum Gasteiger partial charge on any atom is 0.573 e. The van der Waals surface area contributed by atoms with E-state index in [0.29, 0.717) is 48.0 Å². The van der Waals surface area contributed by atoms with Crippen molar-refractivity contribution in [1.82, 2.24) is 15.3 Å². The number of carbonyl (C=O) groups is 2. The zero-order valence-corrected chi connectivity index (χ0v) is 17.9. The summed E-state index contributed by atoms with van der Waals surface area (Å²) in [6.07, 6.45) is -0.0747. The molecule has 2 aromatic rings. The number of carboxylic acids is 2. The van der Waals surface area contributed by atoms with E-state index >= 15 is 0 Å². The Morgan fingerprint density at radius 1 is 1.24 bits per heavy atom. The van der Waals surface area contributed by atoms with Crippen LogP contribution in [0.4, 0.5) is 23.5 Å². The van der Waals surface area contributed by atoms with E-state index in [1.54, 1.807) is 6.92 Å². The van der Waals surface area contributed by atoms with Gasteiger partial charge in [-0.3, -0.25) is 0 Å². The standard InChI is InChI=1S/C17H18F4N4O.C4H4O4/c1-10-14(9-24-16(25-10)23-8-11-3-2-6-22-11)13-5-4-12(7-15(13)18)26-17(19,20)21;5-3(6)1-2-4(7)8/h4-5,7,9,11,22H,2-3,6,8H2,1H3,(H,23,24,25);1-2H,(H,5,6)(H,7,8)/b;2-1+/t11-;/m1./s1. The lowest BCUT2D eigenvalue weighted by molar-refractivity contribution is -0.274. The highest BCUT2D eigenvalue weighted by atomic mass is 19.4. The number of aliphatic carboxylic acids is 2.